The van der Waals surface area contributed by atoms with Crippen LogP contribution in [0.15, 0.2) is 24.3 Å². The molecular weight excluding hydrogens is 406 g/mol. The molecule has 3 rings (SSSR count). The molecule has 5 nitrogen and oxygen atoms in total. The molecule has 0 saturated heterocycles. The van der Waals surface area contributed by atoms with E-state index in [4.69, 9.17) is 0 Å². The number of hydrogen-bond donors (Lipinski definition) is 0. The minimum absolute atomic E-state index is 0.0811. The van der Waals surface area contributed by atoms with Crippen LogP contribution in [0.4, 0.5) is 8.78 Å². The molecule has 1 aromatic carbocycles. The van der Waals surface area contributed by atoms with Gasteiger partial charge in [-0.1, -0.05) is 39.8 Å². The molecule has 2 fully saturated rings. The van der Waals surface area contributed by atoms with Gasteiger partial charge in [0, 0.05) is 31.6 Å². The molecule has 1 aromatic rings. The number of hydrogen-bond acceptors (Lipinski definition) is 5. The number of Topliss-reactive ketones (excluding diaryl/α,β-unsaturated/α-hetero) is 4. The van der Waals surface area contributed by atoms with Crippen molar-refractivity contribution in [3.63, 3.8) is 0 Å². The number of halogens is 2. The monoisotopic (exact) mass is 434 g/mol. The molecule has 0 heterocycles. The van der Waals surface area contributed by atoms with Crippen LogP contribution in [-0.4, -0.2) is 29.7 Å². The molecule has 0 radical (unpaired) electrons. The standard InChI is InChI=1S/C24H28F2O5/c1-23(2)9-15(27)20(16(28)10-23)19(13-5-7-14(8-6-13)31-22(25)26)21-17(29)11-24(3,4)12-18(21)30/h5-8,19-22H,9-12H2,1-4H3. The number of benzene rings is 1. The van der Waals surface area contributed by atoms with Crippen LogP contribution >= 0.6 is 0 Å². The number of ketones is 4. The highest BCUT2D eigenvalue weighted by molar-refractivity contribution is 6.11. The summed E-state index contributed by atoms with van der Waals surface area (Å²) in [6.45, 7) is 4.36. The first kappa shape index (κ1) is 23.2. The molecule has 0 aromatic heterocycles. The van der Waals surface area contributed by atoms with Gasteiger partial charge < -0.3 is 4.74 Å². The maximum absolute atomic E-state index is 13.1. The molecule has 0 N–H and O–H groups in total. The third-order valence-corrected chi connectivity index (χ3v) is 6.21. The van der Waals surface area contributed by atoms with Crippen LogP contribution in [0.25, 0.3) is 0 Å². The topological polar surface area (TPSA) is 77.5 Å². The van der Waals surface area contributed by atoms with Gasteiger partial charge in [-0.25, -0.2) is 0 Å². The van der Waals surface area contributed by atoms with E-state index in [1.165, 1.54) is 24.3 Å². The molecule has 2 saturated carbocycles. The Bertz CT molecular complexity index is 813. The third kappa shape index (κ3) is 5.08. The lowest BCUT2D eigenvalue weighted by atomic mass is 9.59. The molecule has 0 aliphatic heterocycles. The van der Waals surface area contributed by atoms with Crippen molar-refractivity contribution in [1.29, 1.82) is 0 Å². The van der Waals surface area contributed by atoms with Crippen molar-refractivity contribution in [2.45, 2.75) is 65.9 Å². The van der Waals surface area contributed by atoms with Gasteiger partial charge in [-0.05, 0) is 28.5 Å². The van der Waals surface area contributed by atoms with Gasteiger partial charge in [-0.2, -0.15) is 8.78 Å². The van der Waals surface area contributed by atoms with E-state index in [1.807, 2.05) is 27.7 Å². The first-order valence-electron chi connectivity index (χ1n) is 10.5. The summed E-state index contributed by atoms with van der Waals surface area (Å²) in [6.07, 6.45) is 0.695. The van der Waals surface area contributed by atoms with Crippen LogP contribution in [0.5, 0.6) is 5.75 Å². The van der Waals surface area contributed by atoms with Crippen molar-refractivity contribution in [1.82, 2.24) is 0 Å². The van der Waals surface area contributed by atoms with E-state index in [9.17, 15) is 28.0 Å². The molecule has 2 aliphatic rings. The van der Waals surface area contributed by atoms with Crippen LogP contribution in [-0.2, 0) is 19.2 Å². The number of alkyl halides is 2. The molecule has 0 amide bonds. The summed E-state index contributed by atoms with van der Waals surface area (Å²) in [5, 5.41) is 0. The second-order valence-corrected chi connectivity index (χ2v) is 10.3. The summed E-state index contributed by atoms with van der Waals surface area (Å²) in [5.41, 5.74) is -0.529. The lowest BCUT2D eigenvalue weighted by molar-refractivity contribution is -0.145. The molecule has 0 bridgehead atoms. The summed E-state index contributed by atoms with van der Waals surface area (Å²) in [5.74, 6) is -4.37. The number of carbonyl (C=O) groups is 4. The summed E-state index contributed by atoms with van der Waals surface area (Å²) < 4.78 is 29.4. The van der Waals surface area contributed by atoms with Gasteiger partial charge in [0.05, 0.1) is 11.8 Å². The molecule has 31 heavy (non-hydrogen) atoms. The highest BCUT2D eigenvalue weighted by Gasteiger charge is 2.52. The van der Waals surface area contributed by atoms with Crippen molar-refractivity contribution in [3.05, 3.63) is 29.8 Å². The Labute approximate surface area is 180 Å². The summed E-state index contributed by atoms with van der Waals surface area (Å²) in [4.78, 5) is 52.3. The Morgan fingerprint density at radius 2 is 1.10 bits per heavy atom. The van der Waals surface area contributed by atoms with Gasteiger partial charge in [0.15, 0.2) is 0 Å². The van der Waals surface area contributed by atoms with Crippen LogP contribution < -0.4 is 4.74 Å². The quantitative estimate of drug-likeness (QED) is 0.637. The average molecular weight is 434 g/mol. The van der Waals surface area contributed by atoms with Crippen LogP contribution in [0, 0.1) is 22.7 Å². The third-order valence-electron chi connectivity index (χ3n) is 6.21. The molecular formula is C24H28F2O5. The first-order chi connectivity index (χ1) is 14.3. The number of rotatable bonds is 5. The van der Waals surface area contributed by atoms with Gasteiger partial charge in [-0.15, -0.1) is 0 Å². The van der Waals surface area contributed by atoms with E-state index < -0.39 is 35.2 Å². The smallest absolute Gasteiger partial charge is 0.387 e. The summed E-state index contributed by atoms with van der Waals surface area (Å²) in [6, 6.07) is 5.53. The fraction of sp³-hybridized carbons (Fsp3) is 0.583. The second kappa shape index (κ2) is 8.24. The first-order valence-corrected chi connectivity index (χ1v) is 10.5. The minimum atomic E-state index is -2.99. The maximum atomic E-state index is 13.1. The van der Waals surface area contributed by atoms with Gasteiger partial charge in [-0.3, -0.25) is 19.2 Å². The van der Waals surface area contributed by atoms with Crippen molar-refractivity contribution in [2.75, 3.05) is 0 Å². The largest absolute Gasteiger partial charge is 0.435 e. The van der Waals surface area contributed by atoms with E-state index in [2.05, 4.69) is 4.74 Å². The number of ether oxygens (including phenoxy) is 1. The van der Waals surface area contributed by atoms with Crippen molar-refractivity contribution < 1.29 is 32.7 Å². The van der Waals surface area contributed by atoms with Gasteiger partial charge in [0.2, 0.25) is 0 Å². The number of carbonyl (C=O) groups excluding carboxylic acids is 4. The van der Waals surface area contributed by atoms with E-state index in [-0.39, 0.29) is 54.6 Å². The van der Waals surface area contributed by atoms with E-state index in [0.717, 1.165) is 0 Å². The zero-order valence-corrected chi connectivity index (χ0v) is 18.2. The highest BCUT2D eigenvalue weighted by Crippen LogP contribution is 2.47. The van der Waals surface area contributed by atoms with Crippen molar-refractivity contribution >= 4 is 23.1 Å². The predicted octanol–water partition coefficient (Wildman–Crippen LogP) is 4.52. The lowest BCUT2D eigenvalue weighted by Gasteiger charge is -2.41. The highest BCUT2D eigenvalue weighted by atomic mass is 19.3. The molecule has 168 valence electrons. The molecule has 7 heteroatoms. The Kier molecular flexibility index (Phi) is 6.18. The van der Waals surface area contributed by atoms with Crippen molar-refractivity contribution in [2.24, 2.45) is 22.7 Å². The maximum Gasteiger partial charge on any atom is 0.387 e. The van der Waals surface area contributed by atoms with E-state index in [1.54, 1.807) is 0 Å². The molecule has 0 atom stereocenters. The molecule has 0 unspecified atom stereocenters. The van der Waals surface area contributed by atoms with Crippen LogP contribution in [0.1, 0.15) is 64.9 Å². The van der Waals surface area contributed by atoms with Crippen LogP contribution in [0.2, 0.25) is 0 Å². The second-order valence-electron chi connectivity index (χ2n) is 10.3. The minimum Gasteiger partial charge on any atom is -0.435 e. The Hall–Kier alpha value is -2.44. The molecule has 0 spiro atoms. The zero-order valence-electron chi connectivity index (χ0n) is 18.2. The Morgan fingerprint density at radius 3 is 1.42 bits per heavy atom. The molecule has 2 aliphatic carbocycles. The predicted molar refractivity (Wildman–Crippen MR) is 109 cm³/mol. The normalized spacial score (nSPS) is 22.5. The van der Waals surface area contributed by atoms with Gasteiger partial charge in [0.25, 0.3) is 0 Å². The van der Waals surface area contributed by atoms with Gasteiger partial charge >= 0.3 is 6.61 Å². The van der Waals surface area contributed by atoms with E-state index >= 15 is 0 Å². The SMILES string of the molecule is CC1(C)CC(=O)C(C(c2ccc(OC(F)F)cc2)C2C(=O)CC(C)(C)CC2=O)C(=O)C1. The summed E-state index contributed by atoms with van der Waals surface area (Å²) >= 11 is 0. The van der Waals surface area contributed by atoms with Crippen molar-refractivity contribution in [3.8, 4) is 5.75 Å². The average Bonchev–Trinajstić information content (AvgIpc) is 2.57. The van der Waals surface area contributed by atoms with Crippen LogP contribution in [0.3, 0.4) is 0 Å². The van der Waals surface area contributed by atoms with Gasteiger partial charge in [0.1, 0.15) is 28.9 Å². The lowest BCUT2D eigenvalue weighted by Crippen LogP contribution is -2.48. The Morgan fingerprint density at radius 1 is 0.742 bits per heavy atom. The van der Waals surface area contributed by atoms with E-state index in [0.29, 0.717) is 5.56 Å². The summed E-state index contributed by atoms with van der Waals surface area (Å²) in [7, 11) is 0. The fourth-order valence-electron chi connectivity index (χ4n) is 5.06. The zero-order chi connectivity index (χ0) is 23.1. The fourth-order valence-corrected chi connectivity index (χ4v) is 5.06. The Balaban J connectivity index is 2.04.